The molecule has 4 unspecified atom stereocenters. The highest BCUT2D eigenvalue weighted by molar-refractivity contribution is 6.74. The summed E-state index contributed by atoms with van der Waals surface area (Å²) in [4.78, 5) is 31.1. The summed E-state index contributed by atoms with van der Waals surface area (Å²) in [5.74, 6) is 2.50. The molecule has 2 aromatic rings. The van der Waals surface area contributed by atoms with Gasteiger partial charge < -0.3 is 18.8 Å². The Labute approximate surface area is 274 Å². The molecule has 1 aromatic carbocycles. The van der Waals surface area contributed by atoms with Crippen LogP contribution in [-0.2, 0) is 25.8 Å². The predicted molar refractivity (Wildman–Crippen MR) is 185 cm³/mol. The molecule has 1 heterocycles. The topological polar surface area (TPSA) is 90.7 Å². The van der Waals surface area contributed by atoms with E-state index in [1.54, 1.807) is 0 Å². The maximum absolute atomic E-state index is 14.1. The number of hydrogen-bond acceptors (Lipinski definition) is 6. The van der Waals surface area contributed by atoms with E-state index in [-0.39, 0.29) is 35.0 Å². The molecule has 1 fully saturated rings. The van der Waals surface area contributed by atoms with Crippen molar-refractivity contribution in [3.8, 4) is 0 Å². The zero-order valence-corrected chi connectivity index (χ0v) is 31.5. The molecule has 0 spiro atoms. The molecule has 1 aliphatic carbocycles. The fourth-order valence-corrected chi connectivity index (χ4v) is 8.02. The molecule has 8 heteroatoms. The number of fused-ring (bicyclic) bond motifs is 1. The van der Waals surface area contributed by atoms with Gasteiger partial charge >= 0.3 is 5.97 Å². The number of hydrogen-bond donors (Lipinski definition) is 1. The third-order valence-corrected chi connectivity index (χ3v) is 16.2. The second kappa shape index (κ2) is 14.4. The number of aryl methyl sites for hydroxylation is 2. The van der Waals surface area contributed by atoms with Crippen molar-refractivity contribution in [3.63, 3.8) is 0 Å². The maximum Gasteiger partial charge on any atom is 0.308 e. The van der Waals surface area contributed by atoms with Gasteiger partial charge in [0.1, 0.15) is 11.6 Å². The van der Waals surface area contributed by atoms with Crippen molar-refractivity contribution in [2.24, 2.45) is 42.1 Å². The van der Waals surface area contributed by atoms with Gasteiger partial charge in [-0.25, -0.2) is 4.98 Å². The van der Waals surface area contributed by atoms with Crippen molar-refractivity contribution in [1.82, 2.24) is 9.55 Å². The molecular weight excluding hydrogens is 581 g/mol. The highest BCUT2D eigenvalue weighted by atomic mass is 28.4. The van der Waals surface area contributed by atoms with Crippen LogP contribution in [0.3, 0.4) is 0 Å². The van der Waals surface area contributed by atoms with Crippen LogP contribution in [0.25, 0.3) is 11.0 Å². The van der Waals surface area contributed by atoms with E-state index in [0.29, 0.717) is 17.8 Å². The highest BCUT2D eigenvalue weighted by Crippen LogP contribution is 2.48. The zero-order valence-electron chi connectivity index (χ0n) is 30.5. The van der Waals surface area contributed by atoms with Crippen molar-refractivity contribution in [2.75, 3.05) is 7.11 Å². The molecule has 0 saturated heterocycles. The lowest BCUT2D eigenvalue weighted by molar-refractivity contribution is -0.147. The minimum absolute atomic E-state index is 0.0420. The Morgan fingerprint density at radius 1 is 1.11 bits per heavy atom. The molecule has 0 bridgehead atoms. The van der Waals surface area contributed by atoms with E-state index in [1.807, 2.05) is 40.0 Å². The Bertz CT molecular complexity index is 1330. The number of aliphatic hydroxyl groups excluding tert-OH is 1. The minimum atomic E-state index is -2.24. The molecule has 1 aromatic heterocycles. The van der Waals surface area contributed by atoms with Gasteiger partial charge in [0.15, 0.2) is 8.32 Å². The summed E-state index contributed by atoms with van der Waals surface area (Å²) in [7, 11) is 1.17. The van der Waals surface area contributed by atoms with Crippen LogP contribution in [0.15, 0.2) is 18.2 Å². The largest absolute Gasteiger partial charge is 0.469 e. The number of imidazole rings is 1. The van der Waals surface area contributed by atoms with Crippen LogP contribution in [0.2, 0.25) is 18.1 Å². The number of benzene rings is 1. The number of ketones is 1. The lowest BCUT2D eigenvalue weighted by Gasteiger charge is -2.44. The predicted octanol–water partition coefficient (Wildman–Crippen LogP) is 8.57. The summed E-state index contributed by atoms with van der Waals surface area (Å²) in [5.41, 5.74) is 2.18. The van der Waals surface area contributed by atoms with Crippen molar-refractivity contribution < 1.29 is 23.9 Å². The zero-order chi connectivity index (χ0) is 34.1. The molecule has 254 valence electrons. The molecule has 7 nitrogen and oxygen atoms in total. The summed E-state index contributed by atoms with van der Waals surface area (Å²) in [6, 6.07) is 6.14. The van der Waals surface area contributed by atoms with Crippen molar-refractivity contribution >= 4 is 31.1 Å². The van der Waals surface area contributed by atoms with Gasteiger partial charge in [-0.1, -0.05) is 80.7 Å². The first-order valence-electron chi connectivity index (χ1n) is 17.1. The van der Waals surface area contributed by atoms with Gasteiger partial charge in [0.05, 0.1) is 36.8 Å². The van der Waals surface area contributed by atoms with E-state index in [9.17, 15) is 14.7 Å². The average Bonchev–Trinajstić information content (AvgIpc) is 3.63. The molecular formula is C37H62N2O5Si. The monoisotopic (exact) mass is 642 g/mol. The fraction of sp³-hybridized carbons (Fsp3) is 0.757. The number of Topliss-reactive ketones (excluding diaryl/α,β-unsaturated/α-hetero) is 1. The van der Waals surface area contributed by atoms with Gasteiger partial charge in [-0.05, 0) is 79.3 Å². The van der Waals surface area contributed by atoms with E-state index in [1.165, 1.54) is 20.0 Å². The lowest BCUT2D eigenvalue weighted by atomic mass is 9.70. The first kappa shape index (κ1) is 37.4. The molecule has 45 heavy (non-hydrogen) atoms. The van der Waals surface area contributed by atoms with Gasteiger partial charge in [0, 0.05) is 18.4 Å². The van der Waals surface area contributed by atoms with Gasteiger partial charge in [0.25, 0.3) is 0 Å². The molecule has 1 N–H and O–H groups in total. The van der Waals surface area contributed by atoms with Crippen LogP contribution in [-0.4, -0.2) is 47.9 Å². The van der Waals surface area contributed by atoms with Gasteiger partial charge in [0.2, 0.25) is 0 Å². The van der Waals surface area contributed by atoms with Crippen LogP contribution in [0.1, 0.15) is 111 Å². The van der Waals surface area contributed by atoms with Crippen molar-refractivity contribution in [3.05, 3.63) is 29.6 Å². The van der Waals surface area contributed by atoms with Crippen molar-refractivity contribution in [2.45, 2.75) is 131 Å². The van der Waals surface area contributed by atoms with Crippen LogP contribution in [0, 0.1) is 41.9 Å². The lowest BCUT2D eigenvalue weighted by Crippen LogP contribution is -2.52. The van der Waals surface area contributed by atoms with E-state index >= 15 is 0 Å². The number of carbonyl (C=O) groups excluding carboxylic acids is 2. The molecule has 0 amide bonds. The number of aromatic nitrogens is 2. The van der Waals surface area contributed by atoms with Crippen LogP contribution in [0.4, 0.5) is 0 Å². The van der Waals surface area contributed by atoms with Gasteiger partial charge in [-0.3, -0.25) is 9.59 Å². The van der Waals surface area contributed by atoms with Gasteiger partial charge in [-0.15, -0.1) is 0 Å². The second-order valence-electron chi connectivity index (χ2n) is 16.3. The Morgan fingerprint density at radius 2 is 1.76 bits per heavy atom. The highest BCUT2D eigenvalue weighted by Gasteiger charge is 2.48. The number of ether oxygens (including phenoxy) is 1. The summed E-state index contributed by atoms with van der Waals surface area (Å²) in [6.07, 6.45) is 4.46. The third kappa shape index (κ3) is 8.86. The van der Waals surface area contributed by atoms with Gasteiger partial charge in [-0.2, -0.15) is 0 Å². The first-order chi connectivity index (χ1) is 20.7. The standard InChI is InChI=1S/C37H62N2O5Si/c1-23(15-14-16-27-19-29(27)21-32(40)28-17-18-31-30(20-28)38-26(4)39(31)10)24(2)25(3)35(42)37(8,9)33(22-34(41)43-11)44-45(12,13)36(5,6)7/h17-18,20,23-25,27,29,32-33,40H,14-16,19,21-22H2,1-13H3/t23?,24-,25?,27?,29?,32-,33-/m0/s1. The van der Waals surface area contributed by atoms with E-state index in [0.717, 1.165) is 41.7 Å². The Balaban J connectivity index is 1.52. The quantitative estimate of drug-likeness (QED) is 0.146. The number of aliphatic hydroxyl groups is 1. The molecule has 0 radical (unpaired) electrons. The Morgan fingerprint density at radius 3 is 2.36 bits per heavy atom. The van der Waals surface area contributed by atoms with Crippen LogP contribution in [0.5, 0.6) is 0 Å². The number of methoxy groups -OCH3 is 1. The molecule has 3 rings (SSSR count). The second-order valence-corrected chi connectivity index (χ2v) is 21.0. The third-order valence-electron chi connectivity index (χ3n) is 11.7. The van der Waals surface area contributed by atoms with E-state index in [2.05, 4.69) is 70.3 Å². The summed E-state index contributed by atoms with van der Waals surface area (Å²) in [6.45, 7) is 23.3. The first-order valence-corrected chi connectivity index (χ1v) is 20.0. The molecule has 1 saturated carbocycles. The molecule has 1 aliphatic rings. The van der Waals surface area contributed by atoms with E-state index < -0.39 is 25.9 Å². The maximum atomic E-state index is 14.1. The number of esters is 1. The minimum Gasteiger partial charge on any atom is -0.469 e. The number of rotatable bonds is 16. The smallest absolute Gasteiger partial charge is 0.308 e. The summed E-state index contributed by atoms with van der Waals surface area (Å²) < 4.78 is 13.8. The van der Waals surface area contributed by atoms with E-state index in [4.69, 9.17) is 9.16 Å². The SMILES string of the molecule is COC(=O)C[C@H](O[Si](C)(C)C(C)(C)C)C(C)(C)C(=O)C(C)[C@@H](C)C(C)CCCC1CC1C[C@H](O)c1ccc2c(c1)nc(C)n2C. The van der Waals surface area contributed by atoms with Crippen molar-refractivity contribution in [1.29, 1.82) is 0 Å². The average molecular weight is 643 g/mol. The Hall–Kier alpha value is -2.03. The summed E-state index contributed by atoms with van der Waals surface area (Å²) >= 11 is 0. The Kier molecular flexibility index (Phi) is 12.0. The van der Waals surface area contributed by atoms with Crippen LogP contribution >= 0.6 is 0 Å². The van der Waals surface area contributed by atoms with Crippen LogP contribution < -0.4 is 0 Å². The molecule has 7 atom stereocenters. The normalized spacial score (nSPS) is 20.8. The summed E-state index contributed by atoms with van der Waals surface area (Å²) in [5, 5.41) is 10.9. The fourth-order valence-electron chi connectivity index (χ4n) is 6.57. The number of carbonyl (C=O) groups is 2. The number of nitrogens with zero attached hydrogens (tertiary/aromatic N) is 2. The molecule has 0 aliphatic heterocycles.